The SMILES string of the molecule is N#CCOc1c(Cl)cc(/C=C(/C#N)C(=O)NCc2ccccc2)cc1Cl. The van der Waals surface area contributed by atoms with Crippen molar-refractivity contribution < 1.29 is 9.53 Å². The summed E-state index contributed by atoms with van der Waals surface area (Å²) < 4.78 is 5.15. The summed E-state index contributed by atoms with van der Waals surface area (Å²) in [6.45, 7) is 0.112. The average molecular weight is 386 g/mol. The number of rotatable bonds is 6. The van der Waals surface area contributed by atoms with E-state index in [0.717, 1.165) is 5.56 Å². The Balaban J connectivity index is 2.16. The smallest absolute Gasteiger partial charge is 0.262 e. The van der Waals surface area contributed by atoms with Crippen molar-refractivity contribution in [2.45, 2.75) is 6.54 Å². The van der Waals surface area contributed by atoms with Crippen LogP contribution < -0.4 is 10.1 Å². The topological polar surface area (TPSA) is 85.9 Å². The minimum absolute atomic E-state index is 0.0845. The lowest BCUT2D eigenvalue weighted by molar-refractivity contribution is -0.117. The number of nitrogens with zero attached hydrogens (tertiary/aromatic N) is 2. The van der Waals surface area contributed by atoms with E-state index in [2.05, 4.69) is 5.32 Å². The molecule has 0 radical (unpaired) electrons. The molecule has 1 N–H and O–H groups in total. The molecular formula is C19H13Cl2N3O2. The number of carbonyl (C=O) groups is 1. The maximum absolute atomic E-state index is 12.2. The first-order valence-corrected chi connectivity index (χ1v) is 8.23. The Bertz CT molecular complexity index is 890. The molecule has 0 saturated heterocycles. The number of carbonyl (C=O) groups excluding carboxylic acids is 1. The summed E-state index contributed by atoms with van der Waals surface area (Å²) in [4.78, 5) is 12.2. The van der Waals surface area contributed by atoms with Gasteiger partial charge in [-0.15, -0.1) is 0 Å². The van der Waals surface area contributed by atoms with Gasteiger partial charge in [0.2, 0.25) is 0 Å². The number of nitriles is 2. The van der Waals surface area contributed by atoms with Crippen LogP contribution >= 0.6 is 23.2 Å². The van der Waals surface area contributed by atoms with Crippen LogP contribution in [0.5, 0.6) is 5.75 Å². The summed E-state index contributed by atoms with van der Waals surface area (Å²) >= 11 is 12.2. The maximum Gasteiger partial charge on any atom is 0.262 e. The Hall–Kier alpha value is -2.99. The fraction of sp³-hybridized carbons (Fsp3) is 0.105. The van der Waals surface area contributed by atoms with Gasteiger partial charge in [0, 0.05) is 6.54 Å². The second-order valence-corrected chi connectivity index (χ2v) is 5.91. The molecule has 2 rings (SSSR count). The van der Waals surface area contributed by atoms with Gasteiger partial charge in [0.25, 0.3) is 5.91 Å². The predicted molar refractivity (Wildman–Crippen MR) is 99.4 cm³/mol. The number of ether oxygens (including phenoxy) is 1. The van der Waals surface area contributed by atoms with E-state index in [0.29, 0.717) is 12.1 Å². The number of benzene rings is 2. The normalized spacial score (nSPS) is 10.5. The van der Waals surface area contributed by atoms with E-state index in [9.17, 15) is 10.1 Å². The highest BCUT2D eigenvalue weighted by Gasteiger charge is 2.12. The highest BCUT2D eigenvalue weighted by Crippen LogP contribution is 2.34. The minimum Gasteiger partial charge on any atom is -0.476 e. The van der Waals surface area contributed by atoms with Gasteiger partial charge in [0.15, 0.2) is 12.4 Å². The Morgan fingerprint density at radius 1 is 1.15 bits per heavy atom. The monoisotopic (exact) mass is 385 g/mol. The van der Waals surface area contributed by atoms with Gasteiger partial charge in [-0.3, -0.25) is 4.79 Å². The van der Waals surface area contributed by atoms with E-state index in [1.54, 1.807) is 0 Å². The van der Waals surface area contributed by atoms with Crippen molar-refractivity contribution in [3.63, 3.8) is 0 Å². The molecule has 0 bridgehead atoms. The van der Waals surface area contributed by atoms with Crippen LogP contribution in [0.2, 0.25) is 10.0 Å². The van der Waals surface area contributed by atoms with E-state index in [1.807, 2.05) is 42.5 Å². The first-order chi connectivity index (χ1) is 12.5. The Kier molecular flexibility index (Phi) is 7.05. The molecular weight excluding hydrogens is 373 g/mol. The summed E-state index contributed by atoms with van der Waals surface area (Å²) in [6.07, 6.45) is 1.38. The van der Waals surface area contributed by atoms with Gasteiger partial charge in [-0.1, -0.05) is 53.5 Å². The molecule has 0 aromatic heterocycles. The highest BCUT2D eigenvalue weighted by molar-refractivity contribution is 6.37. The largest absolute Gasteiger partial charge is 0.476 e. The highest BCUT2D eigenvalue weighted by atomic mass is 35.5. The molecule has 1 amide bonds. The third kappa shape index (κ3) is 5.26. The van der Waals surface area contributed by atoms with E-state index in [1.165, 1.54) is 18.2 Å². The zero-order valence-corrected chi connectivity index (χ0v) is 15.0. The van der Waals surface area contributed by atoms with Gasteiger partial charge in [-0.05, 0) is 29.3 Å². The molecule has 26 heavy (non-hydrogen) atoms. The lowest BCUT2D eigenvalue weighted by atomic mass is 10.1. The Labute approximate surface area is 161 Å². The van der Waals surface area contributed by atoms with Crippen LogP contribution in [0.25, 0.3) is 6.08 Å². The summed E-state index contributed by atoms with van der Waals surface area (Å²) in [5, 5.41) is 20.9. The molecule has 0 fully saturated rings. The summed E-state index contributed by atoms with van der Waals surface area (Å²) in [5.74, 6) is -0.326. The standard InChI is InChI=1S/C19H13Cl2N3O2/c20-16-9-14(10-17(21)18(16)26-7-6-22)8-15(11-23)19(25)24-12-13-4-2-1-3-5-13/h1-5,8-10H,7,12H2,(H,24,25)/b15-8-. The molecule has 130 valence electrons. The molecule has 5 nitrogen and oxygen atoms in total. The molecule has 0 aliphatic rings. The molecule has 0 spiro atoms. The van der Waals surface area contributed by atoms with Gasteiger partial charge < -0.3 is 10.1 Å². The van der Waals surface area contributed by atoms with Gasteiger partial charge in [0.05, 0.1) is 10.0 Å². The quantitative estimate of drug-likeness (QED) is 0.598. The second-order valence-electron chi connectivity index (χ2n) is 5.10. The number of halogens is 2. The second kappa shape index (κ2) is 9.48. The van der Waals surface area contributed by atoms with Crippen LogP contribution in [0.1, 0.15) is 11.1 Å². The van der Waals surface area contributed by atoms with Crippen molar-refractivity contribution in [1.82, 2.24) is 5.32 Å². The molecule has 2 aromatic carbocycles. The fourth-order valence-corrected chi connectivity index (χ4v) is 2.71. The summed E-state index contributed by atoms with van der Waals surface area (Å²) in [6, 6.07) is 16.0. The number of amides is 1. The predicted octanol–water partition coefficient (Wildman–Crippen LogP) is 4.12. The van der Waals surface area contributed by atoms with Crippen LogP contribution in [-0.2, 0) is 11.3 Å². The summed E-state index contributed by atoms with van der Waals surface area (Å²) in [7, 11) is 0. The van der Waals surface area contributed by atoms with Crippen LogP contribution in [0.3, 0.4) is 0 Å². The number of hydrogen-bond acceptors (Lipinski definition) is 4. The third-order valence-electron chi connectivity index (χ3n) is 3.27. The zero-order chi connectivity index (χ0) is 18.9. The molecule has 0 atom stereocenters. The lowest BCUT2D eigenvalue weighted by Gasteiger charge is -2.08. The van der Waals surface area contributed by atoms with Gasteiger partial charge >= 0.3 is 0 Å². The minimum atomic E-state index is -0.506. The van der Waals surface area contributed by atoms with Gasteiger partial charge in [-0.2, -0.15) is 10.5 Å². The zero-order valence-electron chi connectivity index (χ0n) is 13.5. The molecule has 0 unspecified atom stereocenters. The lowest BCUT2D eigenvalue weighted by Crippen LogP contribution is -2.23. The van der Waals surface area contributed by atoms with Gasteiger partial charge in [-0.25, -0.2) is 0 Å². The molecule has 0 heterocycles. The first kappa shape index (κ1) is 19.3. The maximum atomic E-state index is 12.2. The number of nitrogens with one attached hydrogen (secondary N) is 1. The van der Waals surface area contributed by atoms with Crippen molar-refractivity contribution in [3.8, 4) is 17.9 Å². The van der Waals surface area contributed by atoms with Crippen LogP contribution in [0.4, 0.5) is 0 Å². The molecule has 0 saturated carbocycles. The molecule has 7 heteroatoms. The number of hydrogen-bond donors (Lipinski definition) is 1. The van der Waals surface area contributed by atoms with Crippen molar-refractivity contribution in [2.24, 2.45) is 0 Å². The molecule has 0 aliphatic carbocycles. The van der Waals surface area contributed by atoms with E-state index in [4.69, 9.17) is 33.2 Å². The van der Waals surface area contributed by atoms with Crippen molar-refractivity contribution in [1.29, 1.82) is 10.5 Å². The Morgan fingerprint density at radius 3 is 2.38 bits per heavy atom. The first-order valence-electron chi connectivity index (χ1n) is 7.48. The molecule has 0 aliphatic heterocycles. The van der Waals surface area contributed by atoms with E-state index < -0.39 is 5.91 Å². The van der Waals surface area contributed by atoms with Crippen molar-refractivity contribution in [2.75, 3.05) is 6.61 Å². The van der Waals surface area contributed by atoms with E-state index in [-0.39, 0.29) is 28.0 Å². The fourth-order valence-electron chi connectivity index (χ4n) is 2.09. The summed E-state index contributed by atoms with van der Waals surface area (Å²) in [5.41, 5.74) is 1.30. The van der Waals surface area contributed by atoms with Crippen LogP contribution in [0.15, 0.2) is 48.0 Å². The van der Waals surface area contributed by atoms with Crippen LogP contribution in [0, 0.1) is 22.7 Å². The van der Waals surface area contributed by atoms with Crippen molar-refractivity contribution in [3.05, 3.63) is 69.2 Å². The average Bonchev–Trinajstić information content (AvgIpc) is 2.64. The Morgan fingerprint density at radius 2 is 1.81 bits per heavy atom. The van der Waals surface area contributed by atoms with Gasteiger partial charge in [0.1, 0.15) is 17.7 Å². The third-order valence-corrected chi connectivity index (χ3v) is 3.84. The molecule has 2 aromatic rings. The van der Waals surface area contributed by atoms with E-state index >= 15 is 0 Å². The van der Waals surface area contributed by atoms with Crippen LogP contribution in [-0.4, -0.2) is 12.5 Å². The van der Waals surface area contributed by atoms with Crippen molar-refractivity contribution >= 4 is 35.2 Å².